The third-order valence-electron chi connectivity index (χ3n) is 5.00. The lowest BCUT2D eigenvalue weighted by atomic mass is 9.86. The van der Waals surface area contributed by atoms with Crippen LogP contribution in [0.5, 0.6) is 0 Å². The van der Waals surface area contributed by atoms with E-state index < -0.39 is 11.5 Å². The number of ketones is 1. The van der Waals surface area contributed by atoms with E-state index in [0.29, 0.717) is 19.5 Å². The van der Waals surface area contributed by atoms with E-state index in [1.807, 2.05) is 39.6 Å². The van der Waals surface area contributed by atoms with Crippen molar-refractivity contribution in [3.63, 3.8) is 0 Å². The highest BCUT2D eigenvalue weighted by atomic mass is 32.2. The minimum Gasteiger partial charge on any atom is -0.343 e. The van der Waals surface area contributed by atoms with Gasteiger partial charge < -0.3 is 15.1 Å². The lowest BCUT2D eigenvalue weighted by molar-refractivity contribution is -0.146. The summed E-state index contributed by atoms with van der Waals surface area (Å²) < 4.78 is 0.266. The zero-order chi connectivity index (χ0) is 23.5. The molecule has 1 unspecified atom stereocenters. The van der Waals surface area contributed by atoms with Gasteiger partial charge in [0.05, 0.1) is 0 Å². The topological polar surface area (TPSA) is 69.7 Å². The molecule has 0 radical (unpaired) electrons. The molecule has 0 spiro atoms. The predicted molar refractivity (Wildman–Crippen MR) is 128 cm³/mol. The number of carbonyl (C=O) groups excluding carboxylic acids is 3. The molecule has 0 heterocycles. The Kier molecular flexibility index (Phi) is 12.9. The number of unbranched alkanes of at least 4 members (excludes halogenated alkanes) is 2. The van der Waals surface area contributed by atoms with Crippen LogP contribution in [0.1, 0.15) is 73.6 Å². The number of hydrogen-bond donors (Lipinski definition) is 1. The molecule has 0 fully saturated rings. The zero-order valence-corrected chi connectivity index (χ0v) is 21.6. The second-order valence-corrected chi connectivity index (χ2v) is 12.0. The standard InChI is InChI=1S/C23H45N3O3S/c1-22(2,3)19(27)17-18(21(29)25(8)15-14-24-7)26(9)20(28)13-11-10-12-16-30-23(4,5)6/h18,24H,10-17H2,1-9H3. The van der Waals surface area contributed by atoms with Gasteiger partial charge in [0.25, 0.3) is 0 Å². The number of Topliss-reactive ketones (excluding diaryl/α,β-unsaturated/α-hetero) is 1. The van der Waals surface area contributed by atoms with Crippen LogP contribution in [0.4, 0.5) is 0 Å². The monoisotopic (exact) mass is 443 g/mol. The molecule has 176 valence electrons. The van der Waals surface area contributed by atoms with Crippen LogP contribution >= 0.6 is 11.8 Å². The summed E-state index contributed by atoms with van der Waals surface area (Å²) in [6, 6.07) is -0.748. The molecule has 0 bridgehead atoms. The second-order valence-electron chi connectivity index (χ2n) is 10.0. The van der Waals surface area contributed by atoms with Gasteiger partial charge in [0.15, 0.2) is 0 Å². The van der Waals surface area contributed by atoms with Crippen molar-refractivity contribution in [2.45, 2.75) is 84.4 Å². The highest BCUT2D eigenvalue weighted by Crippen LogP contribution is 2.24. The van der Waals surface area contributed by atoms with Gasteiger partial charge in [-0.1, -0.05) is 48.0 Å². The second kappa shape index (κ2) is 13.4. The maximum absolute atomic E-state index is 13.0. The number of amides is 2. The molecule has 0 aromatic rings. The summed E-state index contributed by atoms with van der Waals surface area (Å²) >= 11 is 1.94. The van der Waals surface area contributed by atoms with Crippen molar-refractivity contribution in [2.75, 3.05) is 40.0 Å². The zero-order valence-electron chi connectivity index (χ0n) is 20.8. The van der Waals surface area contributed by atoms with Crippen molar-refractivity contribution in [1.29, 1.82) is 0 Å². The van der Waals surface area contributed by atoms with E-state index in [4.69, 9.17) is 0 Å². The van der Waals surface area contributed by atoms with Gasteiger partial charge in [0.2, 0.25) is 11.8 Å². The quantitative estimate of drug-likeness (QED) is 0.441. The Hall–Kier alpha value is -1.08. The molecule has 0 saturated carbocycles. The van der Waals surface area contributed by atoms with Gasteiger partial charge in [-0.15, -0.1) is 0 Å². The molecule has 30 heavy (non-hydrogen) atoms. The molecule has 0 aromatic carbocycles. The van der Waals surface area contributed by atoms with Gasteiger partial charge in [-0.25, -0.2) is 0 Å². The number of carbonyl (C=O) groups is 3. The van der Waals surface area contributed by atoms with Crippen molar-refractivity contribution in [2.24, 2.45) is 5.41 Å². The van der Waals surface area contributed by atoms with Gasteiger partial charge in [-0.2, -0.15) is 11.8 Å². The van der Waals surface area contributed by atoms with E-state index in [0.717, 1.165) is 25.0 Å². The molecule has 0 aliphatic rings. The Morgan fingerprint density at radius 2 is 1.57 bits per heavy atom. The van der Waals surface area contributed by atoms with Crippen LogP contribution in [0.25, 0.3) is 0 Å². The molecule has 0 aliphatic carbocycles. The van der Waals surface area contributed by atoms with Crippen LogP contribution in [-0.2, 0) is 14.4 Å². The Balaban J connectivity index is 4.92. The van der Waals surface area contributed by atoms with Crippen molar-refractivity contribution < 1.29 is 14.4 Å². The molecular formula is C23H45N3O3S. The number of nitrogens with one attached hydrogen (secondary N) is 1. The van der Waals surface area contributed by atoms with Crippen LogP contribution in [0.15, 0.2) is 0 Å². The largest absolute Gasteiger partial charge is 0.343 e. The maximum atomic E-state index is 13.0. The fourth-order valence-corrected chi connectivity index (χ4v) is 3.76. The third-order valence-corrected chi connectivity index (χ3v) is 6.36. The summed E-state index contributed by atoms with van der Waals surface area (Å²) in [5.74, 6) is 0.827. The van der Waals surface area contributed by atoms with E-state index in [-0.39, 0.29) is 28.8 Å². The first-order valence-corrected chi connectivity index (χ1v) is 12.0. The lowest BCUT2D eigenvalue weighted by Crippen LogP contribution is -2.51. The summed E-state index contributed by atoms with van der Waals surface area (Å²) in [7, 11) is 5.20. The molecule has 1 atom stereocenters. The SMILES string of the molecule is CNCCN(C)C(=O)C(CC(=O)C(C)(C)C)N(C)C(=O)CCCCCSC(C)(C)C. The molecule has 7 heteroatoms. The van der Waals surface area contributed by atoms with Crippen molar-refractivity contribution >= 4 is 29.4 Å². The summed E-state index contributed by atoms with van der Waals surface area (Å²) in [5.41, 5.74) is -0.545. The number of thioether (sulfide) groups is 1. The van der Waals surface area contributed by atoms with E-state index in [2.05, 4.69) is 26.1 Å². The highest BCUT2D eigenvalue weighted by molar-refractivity contribution is 8.00. The molecule has 0 aliphatic heterocycles. The van der Waals surface area contributed by atoms with Gasteiger partial charge in [0.1, 0.15) is 11.8 Å². The van der Waals surface area contributed by atoms with Crippen molar-refractivity contribution in [3.8, 4) is 0 Å². The lowest BCUT2D eigenvalue weighted by Gasteiger charge is -2.32. The summed E-state index contributed by atoms with van der Waals surface area (Å²) in [6.07, 6.45) is 3.33. The first-order chi connectivity index (χ1) is 13.7. The fraction of sp³-hybridized carbons (Fsp3) is 0.870. The molecule has 1 N–H and O–H groups in total. The highest BCUT2D eigenvalue weighted by Gasteiger charge is 2.34. The summed E-state index contributed by atoms with van der Waals surface area (Å²) in [4.78, 5) is 41.5. The molecule has 2 amide bonds. The van der Waals surface area contributed by atoms with Crippen LogP contribution in [0.3, 0.4) is 0 Å². The number of rotatable bonds is 13. The third kappa shape index (κ3) is 11.9. The fourth-order valence-electron chi connectivity index (χ4n) is 2.80. The molecule has 6 nitrogen and oxygen atoms in total. The summed E-state index contributed by atoms with van der Waals surface area (Å²) in [6.45, 7) is 13.4. The molecule has 0 saturated heterocycles. The van der Waals surface area contributed by atoms with Crippen LogP contribution in [0, 0.1) is 5.41 Å². The first-order valence-electron chi connectivity index (χ1n) is 11.0. The Morgan fingerprint density at radius 3 is 2.07 bits per heavy atom. The molecule has 0 rings (SSSR count). The average molecular weight is 444 g/mol. The normalized spacial score (nSPS) is 13.1. The average Bonchev–Trinajstić information content (AvgIpc) is 2.63. The van der Waals surface area contributed by atoms with Crippen molar-refractivity contribution in [1.82, 2.24) is 15.1 Å². The molecule has 0 aromatic heterocycles. The first kappa shape index (κ1) is 28.9. The van der Waals surface area contributed by atoms with E-state index in [1.165, 1.54) is 4.90 Å². The van der Waals surface area contributed by atoms with Crippen LogP contribution < -0.4 is 5.32 Å². The minimum absolute atomic E-state index is 0.0123. The van der Waals surface area contributed by atoms with Crippen molar-refractivity contribution in [3.05, 3.63) is 0 Å². The Bertz CT molecular complexity index is 553. The van der Waals surface area contributed by atoms with Gasteiger partial charge >= 0.3 is 0 Å². The smallest absolute Gasteiger partial charge is 0.245 e. The maximum Gasteiger partial charge on any atom is 0.245 e. The predicted octanol–water partition coefficient (Wildman–Crippen LogP) is 3.59. The van der Waals surface area contributed by atoms with Crippen LogP contribution in [0.2, 0.25) is 0 Å². The number of hydrogen-bond acceptors (Lipinski definition) is 5. The Labute approximate surface area is 188 Å². The van der Waals surface area contributed by atoms with Gasteiger partial charge in [-0.05, 0) is 25.6 Å². The molecular weight excluding hydrogens is 398 g/mol. The Morgan fingerprint density at radius 1 is 0.967 bits per heavy atom. The van der Waals surface area contributed by atoms with E-state index in [9.17, 15) is 14.4 Å². The van der Waals surface area contributed by atoms with E-state index >= 15 is 0 Å². The van der Waals surface area contributed by atoms with Gasteiger partial charge in [-0.3, -0.25) is 14.4 Å². The summed E-state index contributed by atoms with van der Waals surface area (Å²) in [5, 5.41) is 3.02. The van der Waals surface area contributed by atoms with E-state index in [1.54, 1.807) is 19.0 Å². The minimum atomic E-state index is -0.748. The number of likely N-dealkylation sites (N-methyl/N-ethyl adjacent to an activating group) is 3. The van der Waals surface area contributed by atoms with Crippen LogP contribution in [-0.4, -0.2) is 78.2 Å². The van der Waals surface area contributed by atoms with Gasteiger partial charge in [0, 0.05) is 50.2 Å². The number of nitrogens with zero attached hydrogens (tertiary/aromatic N) is 2.